The first-order valence-corrected chi connectivity index (χ1v) is 7.69. The Kier molecular flexibility index (Phi) is 5.26. The molecule has 2 rings (SSSR count). The molecule has 1 fully saturated rings. The van der Waals surface area contributed by atoms with Gasteiger partial charge in [0.1, 0.15) is 5.75 Å². The Hall–Kier alpha value is -1.02. The molecular weight excluding hydrogens is 234 g/mol. The monoisotopic (exact) mass is 261 g/mol. The van der Waals surface area contributed by atoms with Gasteiger partial charge in [-0.25, -0.2) is 0 Å². The second-order valence-electron chi connectivity index (χ2n) is 6.00. The molecule has 0 saturated heterocycles. The predicted molar refractivity (Wildman–Crippen MR) is 80.3 cm³/mol. The van der Waals surface area contributed by atoms with Crippen molar-refractivity contribution in [3.63, 3.8) is 0 Å². The van der Waals surface area contributed by atoms with Gasteiger partial charge in [0.05, 0.1) is 0 Å². The minimum Gasteiger partial charge on any atom is -0.507 e. The molecule has 1 saturated carbocycles. The summed E-state index contributed by atoms with van der Waals surface area (Å²) in [6, 6.07) is 6.52. The molecule has 2 heteroatoms. The standard InChI is InChI=1S/C17H27NO/c1-13-8-7-11-16(17(13)19)12-18-14(2)15-9-5-3-4-6-10-15/h7-8,11,14-15,18-19H,3-6,9-10,12H2,1-2H3/t14-/m0/s1. The molecule has 1 aromatic carbocycles. The summed E-state index contributed by atoms with van der Waals surface area (Å²) in [5, 5.41) is 13.6. The number of phenols is 1. The van der Waals surface area contributed by atoms with Crippen LogP contribution in [0.15, 0.2) is 18.2 Å². The molecule has 1 aliphatic rings. The lowest BCUT2D eigenvalue weighted by molar-refractivity contribution is 0.334. The highest BCUT2D eigenvalue weighted by Crippen LogP contribution is 2.26. The van der Waals surface area contributed by atoms with Crippen LogP contribution in [0.25, 0.3) is 0 Å². The van der Waals surface area contributed by atoms with Crippen molar-refractivity contribution >= 4 is 0 Å². The van der Waals surface area contributed by atoms with Crippen molar-refractivity contribution in [1.29, 1.82) is 0 Å². The molecule has 106 valence electrons. The summed E-state index contributed by atoms with van der Waals surface area (Å²) in [5.74, 6) is 1.25. The minimum atomic E-state index is 0.447. The molecule has 0 heterocycles. The molecule has 0 amide bonds. The van der Waals surface area contributed by atoms with Gasteiger partial charge in [-0.05, 0) is 38.2 Å². The number of benzene rings is 1. The van der Waals surface area contributed by atoms with Crippen LogP contribution in [0.3, 0.4) is 0 Å². The van der Waals surface area contributed by atoms with Crippen LogP contribution in [-0.2, 0) is 6.54 Å². The second kappa shape index (κ2) is 6.95. The van der Waals surface area contributed by atoms with E-state index in [9.17, 15) is 5.11 Å². The first-order valence-electron chi connectivity index (χ1n) is 7.69. The number of aromatic hydroxyl groups is 1. The lowest BCUT2D eigenvalue weighted by Gasteiger charge is -2.24. The van der Waals surface area contributed by atoms with Crippen molar-refractivity contribution in [1.82, 2.24) is 5.32 Å². The summed E-state index contributed by atoms with van der Waals surface area (Å²) in [4.78, 5) is 0. The molecule has 2 nitrogen and oxygen atoms in total. The Morgan fingerprint density at radius 3 is 2.58 bits per heavy atom. The summed E-state index contributed by atoms with van der Waals surface area (Å²) in [6.07, 6.45) is 8.28. The molecule has 0 aromatic heterocycles. The van der Waals surface area contributed by atoms with Gasteiger partial charge in [0.2, 0.25) is 0 Å². The van der Waals surface area contributed by atoms with Crippen LogP contribution in [0, 0.1) is 12.8 Å². The van der Waals surface area contributed by atoms with E-state index in [0.717, 1.165) is 23.6 Å². The topological polar surface area (TPSA) is 32.3 Å². The predicted octanol–water partition coefficient (Wildman–Crippen LogP) is 4.15. The highest BCUT2D eigenvalue weighted by molar-refractivity contribution is 5.39. The summed E-state index contributed by atoms with van der Waals surface area (Å²) in [6.45, 7) is 5.02. The van der Waals surface area contributed by atoms with E-state index in [1.165, 1.54) is 38.5 Å². The molecule has 19 heavy (non-hydrogen) atoms. The van der Waals surface area contributed by atoms with Crippen LogP contribution < -0.4 is 5.32 Å². The van der Waals surface area contributed by atoms with Gasteiger partial charge in [0.15, 0.2) is 0 Å². The van der Waals surface area contributed by atoms with Crippen molar-refractivity contribution in [2.24, 2.45) is 5.92 Å². The molecule has 1 aliphatic carbocycles. The Morgan fingerprint density at radius 1 is 1.21 bits per heavy atom. The number of rotatable bonds is 4. The van der Waals surface area contributed by atoms with Gasteiger partial charge in [-0.3, -0.25) is 0 Å². The molecule has 0 aliphatic heterocycles. The summed E-state index contributed by atoms with van der Waals surface area (Å²) >= 11 is 0. The van der Waals surface area contributed by atoms with Gasteiger partial charge in [0.25, 0.3) is 0 Å². The van der Waals surface area contributed by atoms with Gasteiger partial charge in [-0.1, -0.05) is 43.9 Å². The number of para-hydroxylation sites is 1. The quantitative estimate of drug-likeness (QED) is 0.798. The summed E-state index contributed by atoms with van der Waals surface area (Å²) < 4.78 is 0. The fourth-order valence-electron chi connectivity index (χ4n) is 3.11. The minimum absolute atomic E-state index is 0.447. The Morgan fingerprint density at radius 2 is 1.89 bits per heavy atom. The molecule has 2 N–H and O–H groups in total. The maximum Gasteiger partial charge on any atom is 0.122 e. The fraction of sp³-hybridized carbons (Fsp3) is 0.647. The van der Waals surface area contributed by atoms with E-state index in [4.69, 9.17) is 0 Å². The zero-order valence-corrected chi connectivity index (χ0v) is 12.3. The summed E-state index contributed by atoms with van der Waals surface area (Å²) in [7, 11) is 0. The van der Waals surface area contributed by atoms with Crippen LogP contribution in [0.1, 0.15) is 56.6 Å². The van der Waals surface area contributed by atoms with Gasteiger partial charge in [-0.15, -0.1) is 0 Å². The number of aryl methyl sites for hydroxylation is 1. The van der Waals surface area contributed by atoms with Crippen molar-refractivity contribution in [3.8, 4) is 5.75 Å². The van der Waals surface area contributed by atoms with Crippen LogP contribution in [0.5, 0.6) is 5.75 Å². The largest absolute Gasteiger partial charge is 0.507 e. The van der Waals surface area contributed by atoms with Gasteiger partial charge in [-0.2, -0.15) is 0 Å². The number of nitrogens with one attached hydrogen (secondary N) is 1. The lowest BCUT2D eigenvalue weighted by Crippen LogP contribution is -2.33. The molecule has 0 spiro atoms. The number of hydrogen-bond acceptors (Lipinski definition) is 2. The van der Waals surface area contributed by atoms with E-state index < -0.39 is 0 Å². The van der Waals surface area contributed by atoms with E-state index in [1.54, 1.807) is 0 Å². The van der Waals surface area contributed by atoms with Gasteiger partial charge >= 0.3 is 0 Å². The van der Waals surface area contributed by atoms with Crippen molar-refractivity contribution in [2.75, 3.05) is 0 Å². The first kappa shape index (κ1) is 14.4. The van der Waals surface area contributed by atoms with Crippen LogP contribution in [0.2, 0.25) is 0 Å². The maximum absolute atomic E-state index is 10.0. The van der Waals surface area contributed by atoms with Crippen molar-refractivity contribution in [2.45, 2.75) is 65.0 Å². The van der Waals surface area contributed by atoms with Crippen LogP contribution >= 0.6 is 0 Å². The third-order valence-electron chi connectivity index (χ3n) is 4.54. The molecule has 1 atom stereocenters. The average molecular weight is 261 g/mol. The fourth-order valence-corrected chi connectivity index (χ4v) is 3.11. The number of hydrogen-bond donors (Lipinski definition) is 2. The maximum atomic E-state index is 10.0. The lowest BCUT2D eigenvalue weighted by atomic mass is 9.93. The Balaban J connectivity index is 1.88. The Bertz CT molecular complexity index is 394. The molecule has 0 bridgehead atoms. The molecule has 0 radical (unpaired) electrons. The molecule has 1 aromatic rings. The highest BCUT2D eigenvalue weighted by Gasteiger charge is 2.18. The van der Waals surface area contributed by atoms with Crippen molar-refractivity contribution in [3.05, 3.63) is 29.3 Å². The van der Waals surface area contributed by atoms with Crippen LogP contribution in [0.4, 0.5) is 0 Å². The SMILES string of the molecule is Cc1cccc(CN[C@@H](C)C2CCCCCC2)c1O. The van der Waals surface area contributed by atoms with E-state index in [0.29, 0.717) is 11.8 Å². The van der Waals surface area contributed by atoms with E-state index in [1.807, 2.05) is 25.1 Å². The normalized spacial score (nSPS) is 19.1. The molecular formula is C17H27NO. The van der Waals surface area contributed by atoms with Crippen LogP contribution in [-0.4, -0.2) is 11.1 Å². The second-order valence-corrected chi connectivity index (χ2v) is 6.00. The smallest absolute Gasteiger partial charge is 0.122 e. The highest BCUT2D eigenvalue weighted by atomic mass is 16.3. The van der Waals surface area contributed by atoms with Crippen molar-refractivity contribution < 1.29 is 5.11 Å². The third kappa shape index (κ3) is 3.97. The van der Waals surface area contributed by atoms with Gasteiger partial charge in [0, 0.05) is 18.2 Å². The average Bonchev–Trinajstić information content (AvgIpc) is 2.69. The molecule has 0 unspecified atom stereocenters. The zero-order chi connectivity index (χ0) is 13.7. The van der Waals surface area contributed by atoms with E-state index in [-0.39, 0.29) is 0 Å². The number of phenolic OH excluding ortho intramolecular Hbond substituents is 1. The van der Waals surface area contributed by atoms with E-state index >= 15 is 0 Å². The summed E-state index contributed by atoms with van der Waals surface area (Å²) in [5.41, 5.74) is 1.97. The zero-order valence-electron chi connectivity index (χ0n) is 12.3. The van der Waals surface area contributed by atoms with E-state index in [2.05, 4.69) is 12.2 Å². The Labute approximate surface area is 117 Å². The first-order chi connectivity index (χ1) is 9.18. The third-order valence-corrected chi connectivity index (χ3v) is 4.54. The van der Waals surface area contributed by atoms with Gasteiger partial charge < -0.3 is 10.4 Å².